The summed E-state index contributed by atoms with van der Waals surface area (Å²) in [6.45, 7) is 1.60. The van der Waals surface area contributed by atoms with E-state index in [-0.39, 0.29) is 0 Å². The first-order chi connectivity index (χ1) is 7.90. The van der Waals surface area contributed by atoms with Gasteiger partial charge in [0, 0.05) is 6.54 Å². The molecular formula is C11H19NO4S. The molecule has 0 aromatic heterocycles. The van der Waals surface area contributed by atoms with Gasteiger partial charge in [-0.2, -0.15) is 0 Å². The van der Waals surface area contributed by atoms with Gasteiger partial charge in [0.2, 0.25) is 10.0 Å². The summed E-state index contributed by atoms with van der Waals surface area (Å²) in [6, 6.07) is 0. The third-order valence-electron chi connectivity index (χ3n) is 4.24. The first kappa shape index (κ1) is 12.8. The summed E-state index contributed by atoms with van der Waals surface area (Å²) in [6.07, 6.45) is 4.79. The van der Waals surface area contributed by atoms with Crippen LogP contribution in [0.5, 0.6) is 0 Å². The fourth-order valence-corrected chi connectivity index (χ4v) is 4.07. The molecule has 2 aliphatic carbocycles. The van der Waals surface area contributed by atoms with Crippen molar-refractivity contribution in [2.24, 2.45) is 17.8 Å². The maximum atomic E-state index is 11.6. The summed E-state index contributed by atoms with van der Waals surface area (Å²) in [5, 5.41) is 7.32. The number of fused-ring (bicyclic) bond motifs is 2. The molecule has 2 fully saturated rings. The maximum absolute atomic E-state index is 11.6. The lowest BCUT2D eigenvalue weighted by molar-refractivity contribution is -0.136. The molecule has 0 aliphatic heterocycles. The van der Waals surface area contributed by atoms with Crippen LogP contribution in [0.4, 0.5) is 0 Å². The molecule has 2 rings (SSSR count). The zero-order valence-corrected chi connectivity index (χ0v) is 10.7. The molecule has 0 saturated heterocycles. The number of carboxylic acid groups (broad SMARTS) is 1. The van der Waals surface area contributed by atoms with E-state index in [1.807, 2.05) is 0 Å². The highest BCUT2D eigenvalue weighted by atomic mass is 32.2. The molecule has 4 atom stereocenters. The molecule has 0 heterocycles. The van der Waals surface area contributed by atoms with Crippen molar-refractivity contribution in [1.82, 2.24) is 4.72 Å². The quantitative estimate of drug-likeness (QED) is 0.767. The minimum Gasteiger partial charge on any atom is -0.480 e. The van der Waals surface area contributed by atoms with Gasteiger partial charge in [-0.05, 0) is 43.9 Å². The SMILES string of the molecule is CC(C(=O)O)S(=O)(=O)NCC1CC2CCC1C2. The van der Waals surface area contributed by atoms with Crippen molar-refractivity contribution < 1.29 is 18.3 Å². The molecule has 2 aliphatic rings. The number of rotatable bonds is 5. The smallest absolute Gasteiger partial charge is 0.323 e. The van der Waals surface area contributed by atoms with Gasteiger partial charge in [-0.1, -0.05) is 6.42 Å². The van der Waals surface area contributed by atoms with Crippen molar-refractivity contribution in [1.29, 1.82) is 0 Å². The van der Waals surface area contributed by atoms with Gasteiger partial charge in [0.25, 0.3) is 0 Å². The number of hydrogen-bond donors (Lipinski definition) is 2. The minimum atomic E-state index is -3.71. The molecule has 17 heavy (non-hydrogen) atoms. The van der Waals surface area contributed by atoms with Crippen molar-refractivity contribution in [3.8, 4) is 0 Å². The van der Waals surface area contributed by atoms with Crippen molar-refractivity contribution in [3.05, 3.63) is 0 Å². The molecule has 5 nitrogen and oxygen atoms in total. The van der Waals surface area contributed by atoms with Crippen molar-refractivity contribution in [3.63, 3.8) is 0 Å². The predicted octanol–water partition coefficient (Wildman–Crippen LogP) is 0.815. The summed E-state index contributed by atoms with van der Waals surface area (Å²) < 4.78 is 25.7. The first-order valence-corrected chi connectivity index (χ1v) is 7.66. The van der Waals surface area contributed by atoms with E-state index < -0.39 is 21.2 Å². The van der Waals surface area contributed by atoms with E-state index in [1.54, 1.807) is 0 Å². The average molecular weight is 261 g/mol. The fraction of sp³-hybridized carbons (Fsp3) is 0.909. The van der Waals surface area contributed by atoms with Crippen molar-refractivity contribution in [2.75, 3.05) is 6.54 Å². The van der Waals surface area contributed by atoms with Crippen LogP contribution in [0.15, 0.2) is 0 Å². The number of carbonyl (C=O) groups is 1. The largest absolute Gasteiger partial charge is 0.480 e. The first-order valence-electron chi connectivity index (χ1n) is 6.11. The van der Waals surface area contributed by atoms with Gasteiger partial charge < -0.3 is 5.11 Å². The Morgan fingerprint density at radius 2 is 2.12 bits per heavy atom. The fourth-order valence-electron chi connectivity index (χ4n) is 3.11. The van der Waals surface area contributed by atoms with E-state index in [2.05, 4.69) is 4.72 Å². The van der Waals surface area contributed by atoms with Gasteiger partial charge in [-0.3, -0.25) is 4.79 Å². The van der Waals surface area contributed by atoms with E-state index in [0.717, 1.165) is 12.3 Å². The summed E-state index contributed by atoms with van der Waals surface area (Å²) in [4.78, 5) is 10.7. The molecule has 0 spiro atoms. The van der Waals surface area contributed by atoms with Gasteiger partial charge in [0.1, 0.15) is 0 Å². The van der Waals surface area contributed by atoms with Crippen LogP contribution in [-0.4, -0.2) is 31.3 Å². The lowest BCUT2D eigenvalue weighted by Gasteiger charge is -2.22. The second-order valence-corrected chi connectivity index (χ2v) is 7.39. The summed E-state index contributed by atoms with van der Waals surface area (Å²) in [5.74, 6) is 0.518. The summed E-state index contributed by atoms with van der Waals surface area (Å²) in [5.41, 5.74) is 0. The highest BCUT2D eigenvalue weighted by molar-refractivity contribution is 7.90. The number of nitrogens with one attached hydrogen (secondary N) is 1. The lowest BCUT2D eigenvalue weighted by atomic mass is 9.89. The average Bonchev–Trinajstić information content (AvgIpc) is 2.86. The molecule has 0 radical (unpaired) electrons. The van der Waals surface area contributed by atoms with E-state index in [0.29, 0.717) is 18.4 Å². The normalized spacial score (nSPS) is 33.8. The van der Waals surface area contributed by atoms with E-state index in [9.17, 15) is 13.2 Å². The Morgan fingerprint density at radius 1 is 1.41 bits per heavy atom. The van der Waals surface area contributed by atoms with Crippen LogP contribution in [0.25, 0.3) is 0 Å². The Balaban J connectivity index is 1.88. The second kappa shape index (κ2) is 4.57. The molecule has 2 saturated carbocycles. The van der Waals surface area contributed by atoms with E-state index in [4.69, 9.17) is 5.11 Å². The molecular weight excluding hydrogens is 242 g/mol. The molecule has 2 bridgehead atoms. The lowest BCUT2D eigenvalue weighted by Crippen LogP contribution is -2.40. The minimum absolute atomic E-state index is 0.404. The Bertz CT molecular complexity index is 406. The standard InChI is InChI=1S/C11H19NO4S/c1-7(11(13)14)17(15,16)12-6-10-5-8-2-3-9(10)4-8/h7-10,12H,2-6H2,1H3,(H,13,14). The van der Waals surface area contributed by atoms with E-state index >= 15 is 0 Å². The second-order valence-electron chi connectivity index (χ2n) is 5.31. The molecule has 2 N–H and O–H groups in total. The third-order valence-corrected chi connectivity index (χ3v) is 5.95. The van der Waals surface area contributed by atoms with Crippen LogP contribution in [0.3, 0.4) is 0 Å². The molecule has 4 unspecified atom stereocenters. The number of carboxylic acids is 1. The Labute approximate surface area is 102 Å². The van der Waals surface area contributed by atoms with Gasteiger partial charge in [-0.25, -0.2) is 13.1 Å². The van der Waals surface area contributed by atoms with Crippen molar-refractivity contribution in [2.45, 2.75) is 37.9 Å². The molecule has 98 valence electrons. The van der Waals surface area contributed by atoms with Crippen LogP contribution in [0.2, 0.25) is 0 Å². The van der Waals surface area contributed by atoms with Crippen LogP contribution >= 0.6 is 0 Å². The third kappa shape index (κ3) is 2.63. The highest BCUT2D eigenvalue weighted by Gasteiger charge is 2.40. The maximum Gasteiger partial charge on any atom is 0.323 e. The van der Waals surface area contributed by atoms with E-state index in [1.165, 1.54) is 26.2 Å². The van der Waals surface area contributed by atoms with Crippen LogP contribution in [0.1, 0.15) is 32.6 Å². The van der Waals surface area contributed by atoms with Crippen LogP contribution in [0, 0.1) is 17.8 Å². The molecule has 0 aromatic rings. The Hall–Kier alpha value is -0.620. The Morgan fingerprint density at radius 3 is 2.59 bits per heavy atom. The van der Waals surface area contributed by atoms with Crippen molar-refractivity contribution >= 4 is 16.0 Å². The van der Waals surface area contributed by atoms with Crippen LogP contribution in [-0.2, 0) is 14.8 Å². The molecule has 6 heteroatoms. The molecule has 0 aromatic carbocycles. The molecule has 0 amide bonds. The van der Waals surface area contributed by atoms with Crippen LogP contribution < -0.4 is 4.72 Å². The number of hydrogen-bond acceptors (Lipinski definition) is 3. The number of sulfonamides is 1. The summed E-state index contributed by atoms with van der Waals surface area (Å²) in [7, 11) is -3.71. The van der Waals surface area contributed by atoms with Gasteiger partial charge in [0.15, 0.2) is 5.25 Å². The highest BCUT2D eigenvalue weighted by Crippen LogP contribution is 2.47. The van der Waals surface area contributed by atoms with Gasteiger partial charge >= 0.3 is 5.97 Å². The topological polar surface area (TPSA) is 83.5 Å². The monoisotopic (exact) mass is 261 g/mol. The number of aliphatic carboxylic acids is 1. The van der Waals surface area contributed by atoms with Gasteiger partial charge in [-0.15, -0.1) is 0 Å². The summed E-state index contributed by atoms with van der Waals surface area (Å²) >= 11 is 0. The zero-order chi connectivity index (χ0) is 12.6. The Kier molecular flexibility index (Phi) is 3.45. The zero-order valence-electron chi connectivity index (χ0n) is 9.93. The predicted molar refractivity (Wildman–Crippen MR) is 63.0 cm³/mol. The van der Waals surface area contributed by atoms with Gasteiger partial charge in [0.05, 0.1) is 0 Å².